The Morgan fingerprint density at radius 1 is 1.20 bits per heavy atom. The third kappa shape index (κ3) is 4.79. The summed E-state index contributed by atoms with van der Waals surface area (Å²) in [5.74, 6) is 0.352. The lowest BCUT2D eigenvalue weighted by Crippen LogP contribution is -2.40. The van der Waals surface area contributed by atoms with Gasteiger partial charge in [-0.05, 0) is 36.9 Å². The van der Waals surface area contributed by atoms with Crippen molar-refractivity contribution < 1.29 is 4.79 Å². The second-order valence-electron chi connectivity index (χ2n) is 6.81. The van der Waals surface area contributed by atoms with Crippen LogP contribution in [0.15, 0.2) is 53.5 Å². The molecule has 1 fully saturated rings. The number of hydrogen-bond donors (Lipinski definition) is 1. The maximum absolute atomic E-state index is 12.3. The van der Waals surface area contributed by atoms with Gasteiger partial charge in [0.15, 0.2) is 0 Å². The molecular formula is C20H25N3O2. The third-order valence-corrected chi connectivity index (χ3v) is 4.75. The Kier molecular flexibility index (Phi) is 5.66. The highest BCUT2D eigenvalue weighted by Crippen LogP contribution is 2.18. The number of amides is 1. The molecule has 132 valence electrons. The Balaban J connectivity index is 1.51. The van der Waals surface area contributed by atoms with Crippen molar-refractivity contribution in [3.63, 3.8) is 0 Å². The van der Waals surface area contributed by atoms with Crippen LogP contribution in [0, 0.1) is 5.92 Å². The summed E-state index contributed by atoms with van der Waals surface area (Å²) < 4.78 is 1.43. The Bertz CT molecular complexity index is 770. The molecule has 1 atom stereocenters. The van der Waals surface area contributed by atoms with E-state index in [1.807, 2.05) is 6.07 Å². The number of rotatable bonds is 5. The molecule has 1 amide bonds. The van der Waals surface area contributed by atoms with E-state index in [0.29, 0.717) is 18.0 Å². The molecule has 1 aromatic heterocycles. The van der Waals surface area contributed by atoms with Crippen molar-refractivity contribution >= 4 is 5.91 Å². The lowest BCUT2D eigenvalue weighted by Gasteiger charge is -2.32. The highest BCUT2D eigenvalue weighted by Gasteiger charge is 2.20. The topological polar surface area (TPSA) is 54.3 Å². The predicted octanol–water partition coefficient (Wildman–Crippen LogP) is 2.03. The van der Waals surface area contributed by atoms with E-state index in [1.54, 1.807) is 19.3 Å². The summed E-state index contributed by atoms with van der Waals surface area (Å²) in [6.07, 6.45) is 3.88. The molecule has 0 spiro atoms. The molecule has 25 heavy (non-hydrogen) atoms. The van der Waals surface area contributed by atoms with Crippen molar-refractivity contribution in [2.24, 2.45) is 13.0 Å². The average molecular weight is 339 g/mol. The van der Waals surface area contributed by atoms with Crippen LogP contribution in [0.5, 0.6) is 0 Å². The van der Waals surface area contributed by atoms with Crippen molar-refractivity contribution in [3.8, 4) is 0 Å². The Morgan fingerprint density at radius 2 is 2.00 bits per heavy atom. The molecule has 0 unspecified atom stereocenters. The summed E-state index contributed by atoms with van der Waals surface area (Å²) in [6.45, 7) is 3.75. The number of aryl methyl sites for hydroxylation is 1. The van der Waals surface area contributed by atoms with E-state index in [-0.39, 0.29) is 11.5 Å². The fraction of sp³-hybridized carbons (Fsp3) is 0.400. The zero-order valence-corrected chi connectivity index (χ0v) is 14.6. The lowest BCUT2D eigenvalue weighted by molar-refractivity contribution is 0.0930. The second-order valence-corrected chi connectivity index (χ2v) is 6.81. The first-order valence-corrected chi connectivity index (χ1v) is 8.83. The minimum atomic E-state index is -0.115. The number of hydrogen-bond acceptors (Lipinski definition) is 3. The van der Waals surface area contributed by atoms with Gasteiger partial charge in [-0.1, -0.05) is 30.3 Å². The van der Waals surface area contributed by atoms with Crippen molar-refractivity contribution in [3.05, 3.63) is 70.1 Å². The number of carbonyl (C=O) groups excluding carboxylic acids is 1. The highest BCUT2D eigenvalue weighted by molar-refractivity contribution is 5.93. The van der Waals surface area contributed by atoms with Crippen LogP contribution in [-0.2, 0) is 13.6 Å². The molecule has 0 saturated carbocycles. The molecule has 0 bridgehead atoms. The molecule has 5 nitrogen and oxygen atoms in total. The van der Waals surface area contributed by atoms with Crippen molar-refractivity contribution in [2.75, 3.05) is 19.6 Å². The Morgan fingerprint density at radius 3 is 2.76 bits per heavy atom. The van der Waals surface area contributed by atoms with Crippen LogP contribution in [0.2, 0.25) is 0 Å². The number of pyridine rings is 1. The molecule has 3 rings (SSSR count). The van der Waals surface area contributed by atoms with Gasteiger partial charge in [-0.15, -0.1) is 0 Å². The van der Waals surface area contributed by atoms with Crippen molar-refractivity contribution in [2.45, 2.75) is 19.4 Å². The molecule has 0 aliphatic carbocycles. The number of carbonyl (C=O) groups is 1. The van der Waals surface area contributed by atoms with Gasteiger partial charge < -0.3 is 9.88 Å². The summed E-state index contributed by atoms with van der Waals surface area (Å²) in [5.41, 5.74) is 1.75. The smallest absolute Gasteiger partial charge is 0.252 e. The zero-order chi connectivity index (χ0) is 17.6. The molecule has 0 radical (unpaired) electrons. The number of aromatic nitrogens is 1. The van der Waals surface area contributed by atoms with Crippen LogP contribution >= 0.6 is 0 Å². The standard InChI is InChI=1S/C20H25N3O2/c1-22-15-18(9-10-19(22)24)20(25)21-12-17-8-5-11-23(14-17)13-16-6-3-2-4-7-16/h2-4,6-7,9-10,15,17H,5,8,11-14H2,1H3,(H,21,25)/t17-/m0/s1. The SMILES string of the molecule is Cn1cc(C(=O)NC[C@@H]2CCCN(Cc3ccccc3)C2)ccc1=O. The van der Waals surface area contributed by atoms with Crippen LogP contribution in [0.3, 0.4) is 0 Å². The monoisotopic (exact) mass is 339 g/mol. The molecule has 2 heterocycles. The fourth-order valence-electron chi connectivity index (χ4n) is 3.37. The first-order chi connectivity index (χ1) is 12.1. The zero-order valence-electron chi connectivity index (χ0n) is 14.6. The van der Waals surface area contributed by atoms with Crippen LogP contribution in [0.4, 0.5) is 0 Å². The van der Waals surface area contributed by atoms with Gasteiger partial charge in [0, 0.05) is 38.9 Å². The number of likely N-dealkylation sites (tertiary alicyclic amines) is 1. The molecule has 1 aliphatic rings. The van der Waals surface area contributed by atoms with Crippen LogP contribution in [-0.4, -0.2) is 35.0 Å². The number of nitrogens with zero attached hydrogens (tertiary/aromatic N) is 2. The molecule has 2 aromatic rings. The van der Waals surface area contributed by atoms with E-state index in [1.165, 1.54) is 16.2 Å². The van der Waals surface area contributed by atoms with Crippen molar-refractivity contribution in [1.29, 1.82) is 0 Å². The van der Waals surface area contributed by atoms with E-state index < -0.39 is 0 Å². The summed E-state index contributed by atoms with van der Waals surface area (Å²) in [7, 11) is 1.65. The van der Waals surface area contributed by atoms with Gasteiger partial charge >= 0.3 is 0 Å². The average Bonchev–Trinajstić information content (AvgIpc) is 2.63. The minimum absolute atomic E-state index is 0.111. The van der Waals surface area contributed by atoms with Gasteiger partial charge in [-0.3, -0.25) is 14.5 Å². The van der Waals surface area contributed by atoms with E-state index in [2.05, 4.69) is 34.5 Å². The van der Waals surface area contributed by atoms with Crippen LogP contribution in [0.1, 0.15) is 28.8 Å². The number of piperidine rings is 1. The maximum atomic E-state index is 12.3. The summed E-state index contributed by atoms with van der Waals surface area (Å²) >= 11 is 0. The fourth-order valence-corrected chi connectivity index (χ4v) is 3.37. The van der Waals surface area contributed by atoms with Crippen LogP contribution < -0.4 is 10.9 Å². The van der Waals surface area contributed by atoms with Gasteiger partial charge in [0.05, 0.1) is 5.56 Å². The second kappa shape index (κ2) is 8.12. The van der Waals surface area contributed by atoms with Gasteiger partial charge in [0.1, 0.15) is 0 Å². The molecule has 1 aromatic carbocycles. The molecular weight excluding hydrogens is 314 g/mol. The summed E-state index contributed by atoms with van der Waals surface area (Å²) in [6, 6.07) is 13.5. The first-order valence-electron chi connectivity index (χ1n) is 8.83. The van der Waals surface area contributed by atoms with Gasteiger partial charge in [-0.2, -0.15) is 0 Å². The minimum Gasteiger partial charge on any atom is -0.352 e. The normalized spacial score (nSPS) is 18.0. The van der Waals surface area contributed by atoms with E-state index in [9.17, 15) is 9.59 Å². The quantitative estimate of drug-likeness (QED) is 0.907. The molecule has 1 saturated heterocycles. The Hall–Kier alpha value is -2.40. The largest absolute Gasteiger partial charge is 0.352 e. The van der Waals surface area contributed by atoms with Gasteiger partial charge in [0.2, 0.25) is 5.56 Å². The number of benzene rings is 1. The van der Waals surface area contributed by atoms with Gasteiger partial charge in [0.25, 0.3) is 5.91 Å². The van der Waals surface area contributed by atoms with E-state index in [4.69, 9.17) is 0 Å². The molecule has 1 aliphatic heterocycles. The predicted molar refractivity (Wildman–Crippen MR) is 98.5 cm³/mol. The lowest BCUT2D eigenvalue weighted by atomic mass is 9.97. The molecule has 5 heteroatoms. The summed E-state index contributed by atoms with van der Waals surface area (Å²) in [4.78, 5) is 26.2. The molecule has 1 N–H and O–H groups in total. The number of nitrogens with one attached hydrogen (secondary N) is 1. The summed E-state index contributed by atoms with van der Waals surface area (Å²) in [5, 5.41) is 3.02. The third-order valence-electron chi connectivity index (χ3n) is 4.75. The first kappa shape index (κ1) is 17.4. The highest BCUT2D eigenvalue weighted by atomic mass is 16.2. The maximum Gasteiger partial charge on any atom is 0.252 e. The van der Waals surface area contributed by atoms with Crippen molar-refractivity contribution in [1.82, 2.24) is 14.8 Å². The van der Waals surface area contributed by atoms with E-state index in [0.717, 1.165) is 32.5 Å². The van der Waals surface area contributed by atoms with Gasteiger partial charge in [-0.25, -0.2) is 0 Å². The van der Waals surface area contributed by atoms with Crippen LogP contribution in [0.25, 0.3) is 0 Å². The Labute approximate surface area is 148 Å². The van der Waals surface area contributed by atoms with E-state index >= 15 is 0 Å².